The van der Waals surface area contributed by atoms with Gasteiger partial charge in [-0.1, -0.05) is 0 Å². The number of aromatic carboxylic acids is 1. The highest BCUT2D eigenvalue weighted by atomic mass is 19.1. The quantitative estimate of drug-likeness (QED) is 0.750. The Bertz CT molecular complexity index is 477. The molecule has 0 aromatic heterocycles. The van der Waals surface area contributed by atoms with Gasteiger partial charge >= 0.3 is 12.0 Å². The number of hydrogen-bond donors (Lipinski definition) is 3. The molecule has 0 aliphatic heterocycles. The molecule has 0 heterocycles. The molecule has 0 atom stereocenters. The standard InChI is InChI=1S/C12H16FN3O3/c1-16(2)6-5-14-12(19)15-10-4-3-8(13)7-9(10)11(17)18/h3-4,7H,5-6H2,1-2H3,(H,17,18)(H2,14,15,19). The maximum atomic E-state index is 12.9. The van der Waals surface area contributed by atoms with E-state index in [1.165, 1.54) is 6.07 Å². The fourth-order valence-electron chi connectivity index (χ4n) is 1.36. The summed E-state index contributed by atoms with van der Waals surface area (Å²) in [4.78, 5) is 24.3. The zero-order valence-electron chi connectivity index (χ0n) is 10.7. The lowest BCUT2D eigenvalue weighted by Crippen LogP contribution is -2.34. The summed E-state index contributed by atoms with van der Waals surface area (Å²) in [7, 11) is 3.73. The maximum absolute atomic E-state index is 12.9. The molecule has 104 valence electrons. The van der Waals surface area contributed by atoms with Crippen LogP contribution in [-0.2, 0) is 0 Å². The summed E-state index contributed by atoms with van der Waals surface area (Å²) >= 11 is 0. The monoisotopic (exact) mass is 269 g/mol. The van der Waals surface area contributed by atoms with Crippen molar-refractivity contribution in [2.75, 3.05) is 32.5 Å². The SMILES string of the molecule is CN(C)CCNC(=O)Nc1ccc(F)cc1C(=O)O. The minimum atomic E-state index is -1.30. The van der Waals surface area contributed by atoms with Crippen molar-refractivity contribution in [3.05, 3.63) is 29.6 Å². The number of carbonyl (C=O) groups excluding carboxylic acids is 1. The van der Waals surface area contributed by atoms with Crippen LogP contribution in [0.25, 0.3) is 0 Å². The van der Waals surface area contributed by atoms with E-state index >= 15 is 0 Å². The molecule has 1 rings (SSSR count). The third-order valence-electron chi connectivity index (χ3n) is 2.30. The molecule has 2 amide bonds. The van der Waals surface area contributed by atoms with Crippen molar-refractivity contribution in [3.63, 3.8) is 0 Å². The van der Waals surface area contributed by atoms with E-state index in [4.69, 9.17) is 5.11 Å². The second-order valence-electron chi connectivity index (χ2n) is 4.18. The number of carbonyl (C=O) groups is 2. The molecule has 0 spiro atoms. The molecule has 0 aliphatic rings. The highest BCUT2D eigenvalue weighted by Gasteiger charge is 2.13. The van der Waals surface area contributed by atoms with Gasteiger partial charge in [-0.3, -0.25) is 0 Å². The smallest absolute Gasteiger partial charge is 0.337 e. The Balaban J connectivity index is 2.66. The Morgan fingerprint density at radius 2 is 2.05 bits per heavy atom. The molecule has 0 aliphatic carbocycles. The van der Waals surface area contributed by atoms with E-state index in [-0.39, 0.29) is 11.3 Å². The van der Waals surface area contributed by atoms with E-state index in [0.29, 0.717) is 13.1 Å². The molecule has 1 aromatic carbocycles. The first-order chi connectivity index (χ1) is 8.90. The summed E-state index contributed by atoms with van der Waals surface area (Å²) in [6, 6.07) is 2.63. The third kappa shape index (κ3) is 4.92. The highest BCUT2D eigenvalue weighted by Crippen LogP contribution is 2.16. The van der Waals surface area contributed by atoms with Gasteiger partial charge in [-0.15, -0.1) is 0 Å². The number of carboxylic acids is 1. The number of urea groups is 1. The van der Waals surface area contributed by atoms with E-state index in [9.17, 15) is 14.0 Å². The number of carboxylic acid groups (broad SMARTS) is 1. The first-order valence-corrected chi connectivity index (χ1v) is 5.62. The normalized spacial score (nSPS) is 10.3. The minimum absolute atomic E-state index is 0.0521. The zero-order chi connectivity index (χ0) is 14.4. The van der Waals surface area contributed by atoms with E-state index in [1.54, 1.807) is 0 Å². The Morgan fingerprint density at radius 3 is 2.63 bits per heavy atom. The summed E-state index contributed by atoms with van der Waals surface area (Å²) in [5, 5.41) is 13.8. The van der Waals surface area contributed by atoms with Crippen LogP contribution >= 0.6 is 0 Å². The lowest BCUT2D eigenvalue weighted by molar-refractivity contribution is 0.0697. The largest absolute Gasteiger partial charge is 0.478 e. The number of nitrogens with zero attached hydrogens (tertiary/aromatic N) is 1. The molecule has 19 heavy (non-hydrogen) atoms. The van der Waals surface area contributed by atoms with Gasteiger partial charge in [-0.25, -0.2) is 14.0 Å². The van der Waals surface area contributed by atoms with Crippen molar-refractivity contribution in [3.8, 4) is 0 Å². The molecule has 0 saturated carbocycles. The molecule has 7 heteroatoms. The summed E-state index contributed by atoms with van der Waals surface area (Å²) < 4.78 is 12.9. The van der Waals surface area contributed by atoms with Crippen LogP contribution in [0.1, 0.15) is 10.4 Å². The fourth-order valence-corrected chi connectivity index (χ4v) is 1.36. The predicted molar refractivity (Wildman–Crippen MR) is 68.9 cm³/mol. The molecule has 0 fully saturated rings. The van der Waals surface area contributed by atoms with E-state index in [0.717, 1.165) is 12.1 Å². The average Bonchev–Trinajstić information content (AvgIpc) is 2.30. The lowest BCUT2D eigenvalue weighted by atomic mass is 10.2. The van der Waals surface area contributed by atoms with Crippen LogP contribution in [0.2, 0.25) is 0 Å². The lowest BCUT2D eigenvalue weighted by Gasteiger charge is -2.12. The van der Waals surface area contributed by atoms with Crippen LogP contribution in [0.5, 0.6) is 0 Å². The molecular weight excluding hydrogens is 253 g/mol. The summed E-state index contributed by atoms with van der Waals surface area (Å²) in [6.07, 6.45) is 0. The van der Waals surface area contributed by atoms with Crippen molar-refractivity contribution in [2.45, 2.75) is 0 Å². The van der Waals surface area contributed by atoms with Crippen LogP contribution in [0.4, 0.5) is 14.9 Å². The molecule has 3 N–H and O–H groups in total. The Labute approximate surface area is 110 Å². The highest BCUT2D eigenvalue weighted by molar-refractivity contribution is 5.99. The van der Waals surface area contributed by atoms with Gasteiger partial charge in [0.05, 0.1) is 11.3 Å². The molecular formula is C12H16FN3O3. The first-order valence-electron chi connectivity index (χ1n) is 5.62. The number of nitrogens with one attached hydrogen (secondary N) is 2. The summed E-state index contributed by atoms with van der Waals surface area (Å²) in [5.41, 5.74) is -0.237. The van der Waals surface area contributed by atoms with E-state index in [1.807, 2.05) is 19.0 Å². The van der Waals surface area contributed by atoms with Gasteiger partial charge in [0.25, 0.3) is 0 Å². The number of rotatable bonds is 5. The van der Waals surface area contributed by atoms with Gasteiger partial charge in [-0.2, -0.15) is 0 Å². The summed E-state index contributed by atoms with van der Waals surface area (Å²) in [5.74, 6) is -1.97. The second-order valence-corrected chi connectivity index (χ2v) is 4.18. The zero-order valence-corrected chi connectivity index (χ0v) is 10.7. The van der Waals surface area contributed by atoms with Crippen LogP contribution in [0.3, 0.4) is 0 Å². The van der Waals surface area contributed by atoms with E-state index in [2.05, 4.69) is 10.6 Å². The van der Waals surface area contributed by atoms with Gasteiger partial charge in [0.15, 0.2) is 0 Å². The van der Waals surface area contributed by atoms with Crippen molar-refractivity contribution >= 4 is 17.7 Å². The predicted octanol–water partition coefficient (Wildman–Crippen LogP) is 1.21. The van der Waals surface area contributed by atoms with Crippen LogP contribution < -0.4 is 10.6 Å². The van der Waals surface area contributed by atoms with Gasteiger partial charge in [0.2, 0.25) is 0 Å². The van der Waals surface area contributed by atoms with Gasteiger partial charge in [0, 0.05) is 13.1 Å². The van der Waals surface area contributed by atoms with Crippen molar-refractivity contribution in [1.29, 1.82) is 0 Å². The molecule has 0 saturated heterocycles. The Hall–Kier alpha value is -2.15. The number of likely N-dealkylation sites (N-methyl/N-ethyl adjacent to an activating group) is 1. The molecule has 0 unspecified atom stereocenters. The maximum Gasteiger partial charge on any atom is 0.337 e. The number of hydrogen-bond acceptors (Lipinski definition) is 3. The summed E-state index contributed by atoms with van der Waals surface area (Å²) in [6.45, 7) is 1.07. The molecule has 1 aromatic rings. The van der Waals surface area contributed by atoms with Crippen LogP contribution in [0.15, 0.2) is 18.2 Å². The van der Waals surface area contributed by atoms with Gasteiger partial charge < -0.3 is 20.6 Å². The van der Waals surface area contributed by atoms with E-state index < -0.39 is 17.8 Å². The number of halogens is 1. The number of amides is 2. The Kier molecular flexibility index (Phi) is 5.25. The molecule has 0 radical (unpaired) electrons. The molecule has 6 nitrogen and oxygen atoms in total. The van der Waals surface area contributed by atoms with Crippen molar-refractivity contribution < 1.29 is 19.1 Å². The third-order valence-corrected chi connectivity index (χ3v) is 2.30. The van der Waals surface area contributed by atoms with Gasteiger partial charge in [0.1, 0.15) is 5.82 Å². The van der Waals surface area contributed by atoms with Gasteiger partial charge in [-0.05, 0) is 32.3 Å². The minimum Gasteiger partial charge on any atom is -0.478 e. The molecule has 0 bridgehead atoms. The van der Waals surface area contributed by atoms with Crippen molar-refractivity contribution in [1.82, 2.24) is 10.2 Å². The fraction of sp³-hybridized carbons (Fsp3) is 0.333. The van der Waals surface area contributed by atoms with Crippen molar-refractivity contribution in [2.24, 2.45) is 0 Å². The number of anilines is 1. The second kappa shape index (κ2) is 6.69. The number of benzene rings is 1. The average molecular weight is 269 g/mol. The van der Waals surface area contributed by atoms with Crippen LogP contribution in [-0.4, -0.2) is 49.2 Å². The first kappa shape index (κ1) is 14.9. The topological polar surface area (TPSA) is 81.7 Å². The Morgan fingerprint density at radius 1 is 1.37 bits per heavy atom. The van der Waals surface area contributed by atoms with Crippen LogP contribution in [0, 0.1) is 5.82 Å².